The SMILES string of the molecule is O=C(C1=CNCO1)N1CCN(CC2=C(c3ccc(Cl)cc3)NC3C=CC(c4ccccc4)=CN23)CC1. The first-order chi connectivity index (χ1) is 17.7. The van der Waals surface area contributed by atoms with Gasteiger partial charge in [-0.3, -0.25) is 9.69 Å². The van der Waals surface area contributed by atoms with Crippen molar-refractivity contribution in [3.8, 4) is 0 Å². The molecule has 2 N–H and O–H groups in total. The molecule has 1 unspecified atom stereocenters. The van der Waals surface area contributed by atoms with Crippen LogP contribution in [0.3, 0.4) is 0 Å². The summed E-state index contributed by atoms with van der Waals surface area (Å²) in [5.41, 5.74) is 5.80. The van der Waals surface area contributed by atoms with Gasteiger partial charge in [0.1, 0.15) is 6.17 Å². The van der Waals surface area contributed by atoms with Gasteiger partial charge in [0.25, 0.3) is 5.91 Å². The molecule has 0 radical (unpaired) electrons. The Hall–Kier alpha value is -3.68. The third-order valence-electron chi connectivity index (χ3n) is 6.96. The number of nitrogens with one attached hydrogen (secondary N) is 2. The van der Waals surface area contributed by atoms with Crippen molar-refractivity contribution in [2.45, 2.75) is 6.17 Å². The first kappa shape index (κ1) is 22.8. The minimum atomic E-state index is -0.0417. The monoisotopic (exact) mass is 501 g/mol. The number of amides is 1. The number of carbonyl (C=O) groups is 1. The number of piperazine rings is 1. The predicted molar refractivity (Wildman–Crippen MR) is 141 cm³/mol. The van der Waals surface area contributed by atoms with E-state index >= 15 is 0 Å². The lowest BCUT2D eigenvalue weighted by atomic mass is 10.0. The highest BCUT2D eigenvalue weighted by atomic mass is 35.5. The fourth-order valence-electron chi connectivity index (χ4n) is 5.01. The molecule has 184 valence electrons. The third kappa shape index (κ3) is 4.47. The molecule has 1 saturated heterocycles. The number of benzene rings is 2. The van der Waals surface area contributed by atoms with Crippen LogP contribution in [-0.2, 0) is 9.53 Å². The Labute approximate surface area is 216 Å². The Morgan fingerprint density at radius 1 is 1.00 bits per heavy atom. The molecule has 0 aliphatic carbocycles. The number of rotatable bonds is 5. The fourth-order valence-corrected chi connectivity index (χ4v) is 5.13. The molecule has 8 heteroatoms. The summed E-state index contributed by atoms with van der Waals surface area (Å²) >= 11 is 6.18. The maximum atomic E-state index is 12.7. The number of nitrogens with zero attached hydrogens (tertiary/aromatic N) is 3. The number of hydrogen-bond acceptors (Lipinski definition) is 6. The molecule has 7 nitrogen and oxygen atoms in total. The summed E-state index contributed by atoms with van der Waals surface area (Å²) in [5, 5.41) is 7.37. The summed E-state index contributed by atoms with van der Waals surface area (Å²) in [4.78, 5) is 19.3. The second-order valence-electron chi connectivity index (χ2n) is 9.20. The van der Waals surface area contributed by atoms with E-state index in [4.69, 9.17) is 16.3 Å². The molecule has 2 aromatic carbocycles. The van der Waals surface area contributed by atoms with E-state index in [9.17, 15) is 4.79 Å². The Morgan fingerprint density at radius 3 is 2.50 bits per heavy atom. The van der Waals surface area contributed by atoms with Crippen LogP contribution < -0.4 is 10.6 Å². The van der Waals surface area contributed by atoms with Crippen LogP contribution in [0.2, 0.25) is 5.02 Å². The molecule has 0 aromatic heterocycles. The van der Waals surface area contributed by atoms with E-state index in [1.807, 2.05) is 23.1 Å². The maximum absolute atomic E-state index is 12.7. The average molecular weight is 502 g/mol. The number of allylic oxidation sites excluding steroid dienone is 2. The molecule has 0 spiro atoms. The van der Waals surface area contributed by atoms with E-state index in [0.29, 0.717) is 25.6 Å². The molecule has 1 fully saturated rings. The van der Waals surface area contributed by atoms with Crippen LogP contribution in [0.15, 0.2) is 90.6 Å². The van der Waals surface area contributed by atoms with Crippen LogP contribution in [0.1, 0.15) is 11.1 Å². The summed E-state index contributed by atoms with van der Waals surface area (Å²) in [6.45, 7) is 4.08. The molecular formula is C28H28ClN5O2. The number of fused-ring (bicyclic) bond motifs is 1. The zero-order valence-corrected chi connectivity index (χ0v) is 20.6. The van der Waals surface area contributed by atoms with E-state index in [0.717, 1.165) is 35.9 Å². The smallest absolute Gasteiger partial charge is 0.290 e. The standard InChI is InChI=1S/C28H28ClN5O2/c29-23-9-6-21(7-10-23)27-24(18-32-12-14-33(15-13-32)28(35)25-16-30-19-36-25)34-17-22(8-11-26(34)31-27)20-4-2-1-3-5-20/h1-11,16-17,26,30-31H,12-15,18-19H2. The van der Waals surface area contributed by atoms with Crippen molar-refractivity contribution in [1.29, 1.82) is 0 Å². The van der Waals surface area contributed by atoms with Crippen LogP contribution in [0.25, 0.3) is 11.3 Å². The van der Waals surface area contributed by atoms with Crippen molar-refractivity contribution in [1.82, 2.24) is 25.3 Å². The van der Waals surface area contributed by atoms with E-state index < -0.39 is 0 Å². The number of halogens is 1. The van der Waals surface area contributed by atoms with Crippen LogP contribution in [0.5, 0.6) is 0 Å². The van der Waals surface area contributed by atoms with Gasteiger partial charge in [-0.05, 0) is 34.9 Å². The van der Waals surface area contributed by atoms with Crippen molar-refractivity contribution in [3.63, 3.8) is 0 Å². The van der Waals surface area contributed by atoms with Gasteiger partial charge in [0.2, 0.25) is 5.76 Å². The highest BCUT2D eigenvalue weighted by Crippen LogP contribution is 2.34. The Kier molecular flexibility index (Phi) is 6.17. The van der Waals surface area contributed by atoms with Gasteiger partial charge in [-0.1, -0.05) is 60.1 Å². The van der Waals surface area contributed by atoms with Crippen LogP contribution in [0.4, 0.5) is 0 Å². The Bertz CT molecular complexity index is 1260. The predicted octanol–water partition coefficient (Wildman–Crippen LogP) is 3.41. The van der Waals surface area contributed by atoms with Crippen LogP contribution in [0, 0.1) is 0 Å². The summed E-state index contributed by atoms with van der Waals surface area (Å²) in [5.74, 6) is 0.359. The first-order valence-electron chi connectivity index (χ1n) is 12.2. The molecule has 4 aliphatic rings. The quantitative estimate of drug-likeness (QED) is 0.655. The lowest BCUT2D eigenvalue weighted by molar-refractivity contribution is -0.132. The summed E-state index contributed by atoms with van der Waals surface area (Å²) in [6.07, 6.45) is 8.35. The highest BCUT2D eigenvalue weighted by molar-refractivity contribution is 6.30. The van der Waals surface area contributed by atoms with Crippen molar-refractivity contribution in [2.75, 3.05) is 39.5 Å². The normalized spacial score (nSPS) is 21.4. The van der Waals surface area contributed by atoms with Gasteiger partial charge in [-0.2, -0.15) is 0 Å². The topological polar surface area (TPSA) is 60.1 Å². The Balaban J connectivity index is 1.25. The van der Waals surface area contributed by atoms with Gasteiger partial charge >= 0.3 is 0 Å². The van der Waals surface area contributed by atoms with E-state index in [2.05, 4.69) is 75.2 Å². The zero-order valence-electron chi connectivity index (χ0n) is 19.9. The largest absolute Gasteiger partial charge is 0.466 e. The molecular weight excluding hydrogens is 474 g/mol. The van der Waals surface area contributed by atoms with Gasteiger partial charge in [0, 0.05) is 50.1 Å². The zero-order chi connectivity index (χ0) is 24.5. The molecule has 4 aliphatic heterocycles. The molecule has 0 saturated carbocycles. The summed E-state index contributed by atoms with van der Waals surface area (Å²) in [7, 11) is 0. The molecule has 2 aromatic rings. The minimum absolute atomic E-state index is 0.0417. The first-order valence-corrected chi connectivity index (χ1v) is 12.6. The second kappa shape index (κ2) is 9.76. The van der Waals surface area contributed by atoms with Gasteiger partial charge in [-0.15, -0.1) is 0 Å². The van der Waals surface area contributed by atoms with E-state index in [1.165, 1.54) is 16.8 Å². The second-order valence-corrected chi connectivity index (χ2v) is 9.64. The number of hydrogen-bond donors (Lipinski definition) is 2. The number of ether oxygens (including phenoxy) is 1. The van der Waals surface area contributed by atoms with Gasteiger partial charge in [0.15, 0.2) is 6.73 Å². The minimum Gasteiger partial charge on any atom is -0.466 e. The van der Waals surface area contributed by atoms with Gasteiger partial charge in [0.05, 0.1) is 11.4 Å². The van der Waals surface area contributed by atoms with E-state index in [-0.39, 0.29) is 12.1 Å². The molecule has 1 amide bonds. The van der Waals surface area contributed by atoms with Gasteiger partial charge < -0.3 is 25.2 Å². The third-order valence-corrected chi connectivity index (χ3v) is 7.21. The fraction of sp³-hybridized carbons (Fsp3) is 0.250. The summed E-state index contributed by atoms with van der Waals surface area (Å²) < 4.78 is 5.38. The summed E-state index contributed by atoms with van der Waals surface area (Å²) in [6, 6.07) is 18.4. The van der Waals surface area contributed by atoms with Crippen molar-refractivity contribution < 1.29 is 9.53 Å². The maximum Gasteiger partial charge on any atom is 0.290 e. The molecule has 0 bridgehead atoms. The van der Waals surface area contributed by atoms with Gasteiger partial charge in [-0.25, -0.2) is 0 Å². The number of carbonyl (C=O) groups excluding carboxylic acids is 1. The van der Waals surface area contributed by atoms with Crippen LogP contribution in [-0.4, -0.2) is 66.2 Å². The molecule has 6 rings (SSSR count). The molecule has 36 heavy (non-hydrogen) atoms. The lowest BCUT2D eigenvalue weighted by Crippen LogP contribution is -2.50. The molecule has 1 atom stereocenters. The van der Waals surface area contributed by atoms with Crippen LogP contribution >= 0.6 is 11.6 Å². The average Bonchev–Trinajstić information content (AvgIpc) is 3.58. The van der Waals surface area contributed by atoms with Crippen molar-refractivity contribution in [3.05, 3.63) is 107 Å². The van der Waals surface area contributed by atoms with Crippen molar-refractivity contribution >= 4 is 28.8 Å². The molecule has 4 heterocycles. The van der Waals surface area contributed by atoms with Crippen molar-refractivity contribution in [2.24, 2.45) is 0 Å². The highest BCUT2D eigenvalue weighted by Gasteiger charge is 2.34. The Morgan fingerprint density at radius 2 is 1.78 bits per heavy atom. The van der Waals surface area contributed by atoms with E-state index in [1.54, 1.807) is 6.20 Å². The lowest BCUT2D eigenvalue weighted by Gasteiger charge is -2.36.